The monoisotopic (exact) mass is 449 g/mol. The maximum absolute atomic E-state index is 11.9. The van der Waals surface area contributed by atoms with E-state index in [1.165, 1.54) is 17.6 Å². The molecule has 1 amide bonds. The number of anilines is 4. The van der Waals surface area contributed by atoms with Crippen molar-refractivity contribution in [1.82, 2.24) is 9.97 Å². The minimum Gasteiger partial charge on any atom is -0.326 e. The molecule has 3 aromatic rings. The SMILES string of the molecule is CN(c1ccccc1C=Cc1ccnc(Nc2ccc3c(c2)CCC(=O)N3)n1)S(C)(=O)=O. The highest BCUT2D eigenvalue weighted by molar-refractivity contribution is 7.92. The number of para-hydroxylation sites is 1. The smallest absolute Gasteiger partial charge is 0.232 e. The first-order chi connectivity index (χ1) is 15.3. The van der Waals surface area contributed by atoms with Crippen molar-refractivity contribution in [2.75, 3.05) is 28.2 Å². The number of nitrogens with zero attached hydrogens (tertiary/aromatic N) is 3. The van der Waals surface area contributed by atoms with Gasteiger partial charge in [0.05, 0.1) is 17.6 Å². The molecular weight excluding hydrogens is 426 g/mol. The zero-order chi connectivity index (χ0) is 22.7. The number of carbonyl (C=O) groups is 1. The van der Waals surface area contributed by atoms with Crippen LogP contribution in [-0.2, 0) is 21.2 Å². The number of carbonyl (C=O) groups excluding carboxylic acids is 1. The van der Waals surface area contributed by atoms with Gasteiger partial charge < -0.3 is 10.6 Å². The van der Waals surface area contributed by atoms with Crippen molar-refractivity contribution in [3.05, 3.63) is 71.5 Å². The van der Waals surface area contributed by atoms with E-state index in [2.05, 4.69) is 20.6 Å². The van der Waals surface area contributed by atoms with Crippen LogP contribution in [0.5, 0.6) is 0 Å². The highest BCUT2D eigenvalue weighted by Crippen LogP contribution is 2.27. The maximum atomic E-state index is 11.9. The molecule has 0 fully saturated rings. The van der Waals surface area contributed by atoms with E-state index in [0.717, 1.165) is 22.5 Å². The topological polar surface area (TPSA) is 104 Å². The molecule has 8 nitrogen and oxygen atoms in total. The molecule has 0 unspecified atom stereocenters. The lowest BCUT2D eigenvalue weighted by Gasteiger charge is -2.18. The second-order valence-corrected chi connectivity index (χ2v) is 9.49. The predicted molar refractivity (Wildman–Crippen MR) is 127 cm³/mol. The lowest BCUT2D eigenvalue weighted by Crippen LogP contribution is -2.25. The van der Waals surface area contributed by atoms with Crippen LogP contribution in [0.3, 0.4) is 0 Å². The number of hydrogen-bond acceptors (Lipinski definition) is 6. The fourth-order valence-electron chi connectivity index (χ4n) is 3.39. The third-order valence-corrected chi connectivity index (χ3v) is 6.33. The Bertz CT molecular complexity index is 1300. The molecule has 0 spiro atoms. The minimum absolute atomic E-state index is 0.0327. The number of sulfonamides is 1. The molecule has 0 saturated carbocycles. The van der Waals surface area contributed by atoms with E-state index in [9.17, 15) is 13.2 Å². The first-order valence-corrected chi connectivity index (χ1v) is 11.9. The van der Waals surface area contributed by atoms with Crippen LogP contribution in [0.15, 0.2) is 54.7 Å². The summed E-state index contributed by atoms with van der Waals surface area (Å²) in [6.07, 6.45) is 7.63. The van der Waals surface area contributed by atoms with Crippen molar-refractivity contribution < 1.29 is 13.2 Å². The minimum atomic E-state index is -3.37. The summed E-state index contributed by atoms with van der Waals surface area (Å²) in [4.78, 5) is 20.3. The Morgan fingerprint density at radius 1 is 1.09 bits per heavy atom. The number of hydrogen-bond donors (Lipinski definition) is 2. The number of aryl methyl sites for hydroxylation is 1. The van der Waals surface area contributed by atoms with Crippen LogP contribution in [0.25, 0.3) is 12.2 Å². The molecule has 164 valence electrons. The Kier molecular flexibility index (Phi) is 5.91. The molecule has 1 aliphatic heterocycles. The summed E-state index contributed by atoms with van der Waals surface area (Å²) in [5.74, 6) is 0.471. The third kappa shape index (κ3) is 4.94. The molecule has 0 radical (unpaired) electrons. The van der Waals surface area contributed by atoms with Gasteiger partial charge in [-0.2, -0.15) is 0 Å². The van der Waals surface area contributed by atoms with Crippen molar-refractivity contribution in [2.24, 2.45) is 0 Å². The summed E-state index contributed by atoms with van der Waals surface area (Å²) in [7, 11) is -1.85. The Labute approximate surface area is 187 Å². The summed E-state index contributed by atoms with van der Waals surface area (Å²) in [5.41, 5.74) is 4.75. The molecule has 2 heterocycles. The quantitative estimate of drug-likeness (QED) is 0.595. The number of fused-ring (bicyclic) bond motifs is 1. The van der Waals surface area contributed by atoms with Crippen LogP contribution >= 0.6 is 0 Å². The van der Waals surface area contributed by atoms with Gasteiger partial charge in [-0.15, -0.1) is 0 Å². The molecule has 4 rings (SSSR count). The van der Waals surface area contributed by atoms with Gasteiger partial charge in [0.25, 0.3) is 0 Å². The molecule has 0 atom stereocenters. The van der Waals surface area contributed by atoms with Crippen molar-refractivity contribution >= 4 is 51.1 Å². The first-order valence-electron chi connectivity index (χ1n) is 10.0. The van der Waals surface area contributed by atoms with E-state index in [4.69, 9.17) is 0 Å². The van der Waals surface area contributed by atoms with Gasteiger partial charge in [-0.05, 0) is 54.0 Å². The van der Waals surface area contributed by atoms with Crippen LogP contribution in [0.4, 0.5) is 23.0 Å². The van der Waals surface area contributed by atoms with Gasteiger partial charge in [0.15, 0.2) is 0 Å². The number of benzene rings is 2. The van der Waals surface area contributed by atoms with Crippen LogP contribution in [0.2, 0.25) is 0 Å². The highest BCUT2D eigenvalue weighted by atomic mass is 32.2. The third-order valence-electron chi connectivity index (χ3n) is 5.14. The summed E-state index contributed by atoms with van der Waals surface area (Å²) in [6.45, 7) is 0. The largest absolute Gasteiger partial charge is 0.326 e. The average Bonchev–Trinajstić information content (AvgIpc) is 2.77. The van der Waals surface area contributed by atoms with Gasteiger partial charge in [-0.25, -0.2) is 18.4 Å². The van der Waals surface area contributed by atoms with Crippen molar-refractivity contribution in [2.45, 2.75) is 12.8 Å². The molecular formula is C23H23N5O3S. The Morgan fingerprint density at radius 2 is 1.91 bits per heavy atom. The van der Waals surface area contributed by atoms with Gasteiger partial charge in [-0.3, -0.25) is 9.10 Å². The molecule has 2 N–H and O–H groups in total. The Morgan fingerprint density at radius 3 is 2.72 bits per heavy atom. The van der Waals surface area contributed by atoms with E-state index in [1.54, 1.807) is 24.4 Å². The van der Waals surface area contributed by atoms with Crippen LogP contribution in [-0.4, -0.2) is 37.6 Å². The lowest BCUT2D eigenvalue weighted by atomic mass is 10.0. The molecule has 1 aromatic heterocycles. The molecule has 0 bridgehead atoms. The molecule has 9 heteroatoms. The van der Waals surface area contributed by atoms with Crippen LogP contribution < -0.4 is 14.9 Å². The summed E-state index contributed by atoms with van der Waals surface area (Å²) in [6, 6.07) is 14.7. The van der Waals surface area contributed by atoms with E-state index in [-0.39, 0.29) is 5.91 Å². The first kappa shape index (κ1) is 21.5. The van der Waals surface area contributed by atoms with E-state index < -0.39 is 10.0 Å². The second-order valence-electron chi connectivity index (χ2n) is 7.47. The van der Waals surface area contributed by atoms with E-state index in [0.29, 0.717) is 30.2 Å². The number of amides is 1. The fourth-order valence-corrected chi connectivity index (χ4v) is 3.91. The van der Waals surface area contributed by atoms with Crippen molar-refractivity contribution in [1.29, 1.82) is 0 Å². The van der Waals surface area contributed by atoms with Gasteiger partial charge in [0.1, 0.15) is 0 Å². The normalized spacial score (nSPS) is 13.5. The van der Waals surface area contributed by atoms with Crippen LogP contribution in [0.1, 0.15) is 23.2 Å². The molecule has 1 aliphatic rings. The highest BCUT2D eigenvalue weighted by Gasteiger charge is 2.15. The molecule has 2 aromatic carbocycles. The van der Waals surface area contributed by atoms with Crippen LogP contribution in [0, 0.1) is 0 Å². The summed E-state index contributed by atoms with van der Waals surface area (Å²) in [5, 5.41) is 6.06. The van der Waals surface area contributed by atoms with Crippen molar-refractivity contribution in [3.8, 4) is 0 Å². The zero-order valence-electron chi connectivity index (χ0n) is 17.7. The second kappa shape index (κ2) is 8.80. The average molecular weight is 450 g/mol. The van der Waals surface area contributed by atoms with Gasteiger partial charge in [-0.1, -0.05) is 24.3 Å². The molecule has 0 aliphatic carbocycles. The molecule has 0 saturated heterocycles. The van der Waals surface area contributed by atoms with Crippen molar-refractivity contribution in [3.63, 3.8) is 0 Å². The fraction of sp³-hybridized carbons (Fsp3) is 0.174. The van der Waals surface area contributed by atoms with Gasteiger partial charge >= 0.3 is 0 Å². The lowest BCUT2D eigenvalue weighted by molar-refractivity contribution is -0.116. The van der Waals surface area contributed by atoms with E-state index >= 15 is 0 Å². The van der Waals surface area contributed by atoms with E-state index in [1.807, 2.05) is 42.5 Å². The Hall–Kier alpha value is -3.72. The number of aromatic nitrogens is 2. The zero-order valence-corrected chi connectivity index (χ0v) is 18.6. The standard InChI is InChI=1S/C23H23N5O3S/c1-28(32(2,30)31)21-6-4-3-5-16(21)7-9-18-13-14-24-23(25-18)26-19-10-11-20-17(15-19)8-12-22(29)27-20/h3-7,9-11,13-15H,8,12H2,1-2H3,(H,27,29)(H,24,25,26). The summed E-state index contributed by atoms with van der Waals surface area (Å²) < 4.78 is 25.1. The number of rotatable bonds is 6. The molecule has 32 heavy (non-hydrogen) atoms. The van der Waals surface area contributed by atoms with Gasteiger partial charge in [0.2, 0.25) is 21.9 Å². The Balaban J connectivity index is 1.54. The summed E-state index contributed by atoms with van der Waals surface area (Å²) >= 11 is 0. The predicted octanol–water partition coefficient (Wildman–Crippen LogP) is 3.67. The number of nitrogens with one attached hydrogen (secondary N) is 2. The maximum Gasteiger partial charge on any atom is 0.232 e. The van der Waals surface area contributed by atoms with Gasteiger partial charge in [0, 0.05) is 31.0 Å².